The monoisotopic (exact) mass is 408 g/mol. The highest BCUT2D eigenvalue weighted by Crippen LogP contribution is 2.29. The summed E-state index contributed by atoms with van der Waals surface area (Å²) in [5, 5.41) is 0. The average molecular weight is 409 g/mol. The van der Waals surface area contributed by atoms with Gasteiger partial charge in [0.25, 0.3) is 5.95 Å². The first-order chi connectivity index (χ1) is 10.6. The first-order valence-corrected chi connectivity index (χ1v) is 20.0. The SMILES string of the molecule is CCC([SiH3])C(C(=O)OO[Si](C)(C)C)=C(O[Si](C)(C)C)O[Si](C)(C)C. The Morgan fingerprint density at radius 2 is 1.29 bits per heavy atom. The van der Waals surface area contributed by atoms with Crippen molar-refractivity contribution >= 4 is 41.2 Å². The summed E-state index contributed by atoms with van der Waals surface area (Å²) in [6.45, 7) is 20.5. The van der Waals surface area contributed by atoms with Gasteiger partial charge in [-0.25, -0.2) is 9.37 Å². The molecule has 142 valence electrons. The van der Waals surface area contributed by atoms with E-state index < -0.39 is 30.9 Å². The Balaban J connectivity index is 5.84. The first kappa shape index (κ1) is 23.6. The van der Waals surface area contributed by atoms with Crippen molar-refractivity contribution in [3.8, 4) is 0 Å². The molecule has 0 amide bonds. The van der Waals surface area contributed by atoms with Crippen LogP contribution in [0, 0.1) is 0 Å². The molecule has 0 aromatic rings. The predicted octanol–water partition coefficient (Wildman–Crippen LogP) is 3.77. The van der Waals surface area contributed by atoms with Crippen molar-refractivity contribution in [2.75, 3.05) is 0 Å². The second kappa shape index (κ2) is 8.83. The summed E-state index contributed by atoms with van der Waals surface area (Å²) < 4.78 is 17.7. The van der Waals surface area contributed by atoms with Gasteiger partial charge in [-0.15, -0.1) is 0 Å². The molecule has 9 heteroatoms. The zero-order chi connectivity index (χ0) is 19.3. The van der Waals surface area contributed by atoms with Crippen LogP contribution in [0.2, 0.25) is 64.5 Å². The van der Waals surface area contributed by atoms with Crippen molar-refractivity contribution in [3.05, 3.63) is 11.5 Å². The van der Waals surface area contributed by atoms with Crippen molar-refractivity contribution in [1.82, 2.24) is 0 Å². The van der Waals surface area contributed by atoms with E-state index in [-0.39, 0.29) is 5.54 Å². The van der Waals surface area contributed by atoms with Crippen molar-refractivity contribution in [3.63, 3.8) is 0 Å². The molecule has 1 unspecified atom stereocenters. The smallest absolute Gasteiger partial charge is 0.374 e. The Bertz CT molecular complexity index is 440. The van der Waals surface area contributed by atoms with Crippen LogP contribution in [0.15, 0.2) is 11.5 Å². The summed E-state index contributed by atoms with van der Waals surface area (Å²) in [6.07, 6.45) is 0.844. The van der Waals surface area contributed by atoms with Crippen LogP contribution in [0.4, 0.5) is 0 Å². The molecule has 0 aliphatic rings. The maximum absolute atomic E-state index is 12.7. The van der Waals surface area contributed by atoms with E-state index >= 15 is 0 Å². The van der Waals surface area contributed by atoms with Gasteiger partial charge in [-0.3, -0.25) is 0 Å². The van der Waals surface area contributed by atoms with Gasteiger partial charge in [0.1, 0.15) is 5.57 Å². The summed E-state index contributed by atoms with van der Waals surface area (Å²) in [7, 11) is -5.01. The second-order valence-electron chi connectivity index (χ2n) is 9.01. The Labute approximate surface area is 153 Å². The van der Waals surface area contributed by atoms with Gasteiger partial charge in [-0.05, 0) is 64.5 Å². The summed E-state index contributed by atoms with van der Waals surface area (Å²) in [5.74, 6) is -0.0925. The second-order valence-corrected chi connectivity index (χ2v) is 23.6. The standard InChI is InChI=1S/C15H36O5Si4/c1-11-12(21)13(14(16)17-20-24(8,9)10)15(18-22(2,3)4)19-23(5,6)7/h12H,11H2,1-10,21H3. The highest BCUT2D eigenvalue weighted by molar-refractivity contribution is 6.71. The van der Waals surface area contributed by atoms with Crippen LogP contribution in [0.25, 0.3) is 0 Å². The Morgan fingerprint density at radius 3 is 1.58 bits per heavy atom. The molecular weight excluding hydrogens is 373 g/mol. The fourth-order valence-corrected chi connectivity index (χ4v) is 3.88. The molecule has 0 fully saturated rings. The minimum Gasteiger partial charge on any atom is -0.520 e. The van der Waals surface area contributed by atoms with E-state index in [1.807, 2.05) is 19.6 Å². The molecule has 0 spiro atoms. The van der Waals surface area contributed by atoms with E-state index in [1.54, 1.807) is 0 Å². The van der Waals surface area contributed by atoms with Crippen LogP contribution in [-0.2, 0) is 23.1 Å². The highest BCUT2D eigenvalue weighted by atomic mass is 28.4. The lowest BCUT2D eigenvalue weighted by Crippen LogP contribution is -2.34. The molecule has 0 saturated heterocycles. The molecule has 0 radical (unpaired) electrons. The fourth-order valence-electron chi connectivity index (χ4n) is 1.58. The molecule has 0 aromatic carbocycles. The molecular formula is C15H36O5Si4. The molecule has 0 aliphatic carbocycles. The predicted molar refractivity (Wildman–Crippen MR) is 110 cm³/mol. The van der Waals surface area contributed by atoms with Gasteiger partial charge in [0.05, 0.1) is 0 Å². The van der Waals surface area contributed by atoms with Crippen molar-refractivity contribution in [2.24, 2.45) is 0 Å². The first-order valence-electron chi connectivity index (χ1n) is 8.58. The largest absolute Gasteiger partial charge is 0.520 e. The lowest BCUT2D eigenvalue weighted by atomic mass is 10.1. The lowest BCUT2D eigenvalue weighted by Gasteiger charge is -2.30. The van der Waals surface area contributed by atoms with Gasteiger partial charge in [0, 0.05) is 10.2 Å². The zero-order valence-electron chi connectivity index (χ0n) is 17.3. The van der Waals surface area contributed by atoms with Crippen LogP contribution in [0.1, 0.15) is 13.3 Å². The summed E-state index contributed by atoms with van der Waals surface area (Å²) in [4.78, 5) is 17.9. The number of rotatable bonds is 9. The Morgan fingerprint density at radius 1 is 0.875 bits per heavy atom. The number of hydrogen-bond acceptors (Lipinski definition) is 5. The van der Waals surface area contributed by atoms with Crippen LogP contribution >= 0.6 is 0 Å². The van der Waals surface area contributed by atoms with E-state index in [1.165, 1.54) is 0 Å². The van der Waals surface area contributed by atoms with Crippen molar-refractivity contribution < 1.29 is 23.1 Å². The third-order valence-corrected chi connectivity index (χ3v) is 6.28. The van der Waals surface area contributed by atoms with E-state index in [9.17, 15) is 4.79 Å². The molecule has 0 aromatic heterocycles. The Hall–Kier alpha value is -0.362. The zero-order valence-corrected chi connectivity index (χ0v) is 22.3. The Kier molecular flexibility index (Phi) is 8.70. The van der Waals surface area contributed by atoms with Crippen LogP contribution in [-0.4, -0.2) is 41.2 Å². The quantitative estimate of drug-likeness (QED) is 0.191. The van der Waals surface area contributed by atoms with E-state index in [2.05, 4.69) is 46.2 Å². The van der Waals surface area contributed by atoms with Gasteiger partial charge < -0.3 is 13.7 Å². The molecule has 0 saturated carbocycles. The number of carbonyl (C=O) groups excluding carboxylic acids is 1. The average Bonchev–Trinajstić information content (AvgIpc) is 2.31. The van der Waals surface area contributed by atoms with Crippen LogP contribution in [0.5, 0.6) is 0 Å². The molecule has 5 nitrogen and oxygen atoms in total. The van der Waals surface area contributed by atoms with Gasteiger partial charge >= 0.3 is 5.97 Å². The summed E-state index contributed by atoms with van der Waals surface area (Å²) in [5.41, 5.74) is 0.609. The van der Waals surface area contributed by atoms with E-state index in [0.29, 0.717) is 11.5 Å². The molecule has 0 heterocycles. The molecule has 0 aliphatic heterocycles. The van der Waals surface area contributed by atoms with Crippen molar-refractivity contribution in [1.29, 1.82) is 0 Å². The van der Waals surface area contributed by atoms with E-state index in [4.69, 9.17) is 18.3 Å². The van der Waals surface area contributed by atoms with Crippen LogP contribution in [0.3, 0.4) is 0 Å². The van der Waals surface area contributed by atoms with Gasteiger partial charge in [-0.2, -0.15) is 0 Å². The third kappa shape index (κ3) is 10.5. The number of hydrogen-bond donors (Lipinski definition) is 0. The maximum Gasteiger partial charge on any atom is 0.374 e. The minimum absolute atomic E-state index is 0.102. The molecule has 24 heavy (non-hydrogen) atoms. The molecule has 0 N–H and O–H groups in total. The van der Waals surface area contributed by atoms with Gasteiger partial charge in [0.15, 0.2) is 0 Å². The number of carbonyl (C=O) groups is 1. The molecule has 0 rings (SSSR count). The van der Waals surface area contributed by atoms with Gasteiger partial charge in [0.2, 0.25) is 25.0 Å². The fraction of sp³-hybridized carbons (Fsp3) is 0.800. The molecule has 0 bridgehead atoms. The van der Waals surface area contributed by atoms with Crippen LogP contribution < -0.4 is 0 Å². The lowest BCUT2D eigenvalue weighted by molar-refractivity contribution is -0.215. The van der Waals surface area contributed by atoms with E-state index in [0.717, 1.165) is 16.7 Å². The minimum atomic E-state index is -1.96. The normalized spacial score (nSPS) is 14.1. The topological polar surface area (TPSA) is 54.0 Å². The van der Waals surface area contributed by atoms with Crippen molar-refractivity contribution in [2.45, 2.75) is 77.8 Å². The molecule has 1 atom stereocenters. The summed E-state index contributed by atoms with van der Waals surface area (Å²) >= 11 is 0. The third-order valence-electron chi connectivity index (χ3n) is 2.71. The maximum atomic E-state index is 12.7. The summed E-state index contributed by atoms with van der Waals surface area (Å²) in [6, 6.07) is 0. The highest BCUT2D eigenvalue weighted by Gasteiger charge is 2.33. The van der Waals surface area contributed by atoms with Gasteiger partial charge in [-0.1, -0.05) is 13.3 Å².